The number of anilines is 2. The number of benzene rings is 1. The highest BCUT2D eigenvalue weighted by atomic mass is 19.1. The largest absolute Gasteiger partial charge is 0.330 e. The standard InChI is InChI=1S/C15H18FN3/c1-12-5-3-9-18-15(12)19(10-4-8-17)14-7-2-6-13(16)11-14/h2-3,5-7,9,11H,4,8,10,17H2,1H3. The third-order valence-electron chi connectivity index (χ3n) is 2.94. The molecule has 2 rings (SSSR count). The number of nitrogens with zero attached hydrogens (tertiary/aromatic N) is 2. The molecule has 4 heteroatoms. The van der Waals surface area contributed by atoms with E-state index in [2.05, 4.69) is 4.98 Å². The van der Waals surface area contributed by atoms with Gasteiger partial charge in [-0.3, -0.25) is 0 Å². The molecule has 0 saturated carbocycles. The first kappa shape index (κ1) is 13.5. The SMILES string of the molecule is Cc1cccnc1N(CCCN)c1cccc(F)c1. The van der Waals surface area contributed by atoms with Gasteiger partial charge < -0.3 is 10.6 Å². The number of aryl methyl sites for hydroxylation is 1. The van der Waals surface area contributed by atoms with E-state index in [4.69, 9.17) is 5.73 Å². The molecule has 3 nitrogen and oxygen atoms in total. The van der Waals surface area contributed by atoms with Crippen molar-refractivity contribution in [2.24, 2.45) is 5.73 Å². The molecule has 1 aromatic carbocycles. The smallest absolute Gasteiger partial charge is 0.135 e. The van der Waals surface area contributed by atoms with Crippen LogP contribution in [0.1, 0.15) is 12.0 Å². The van der Waals surface area contributed by atoms with Crippen LogP contribution in [-0.4, -0.2) is 18.1 Å². The van der Waals surface area contributed by atoms with Gasteiger partial charge in [0.05, 0.1) is 0 Å². The molecular weight excluding hydrogens is 241 g/mol. The first-order valence-corrected chi connectivity index (χ1v) is 6.37. The number of hydrogen-bond donors (Lipinski definition) is 1. The summed E-state index contributed by atoms with van der Waals surface area (Å²) in [5.74, 6) is 0.602. The Morgan fingerprint density at radius 2 is 2.11 bits per heavy atom. The molecule has 19 heavy (non-hydrogen) atoms. The predicted octanol–water partition coefficient (Wildman–Crippen LogP) is 3.02. The van der Waals surface area contributed by atoms with Gasteiger partial charge in [-0.1, -0.05) is 12.1 Å². The van der Waals surface area contributed by atoms with Gasteiger partial charge in [-0.05, 0) is 49.7 Å². The van der Waals surface area contributed by atoms with E-state index in [1.165, 1.54) is 12.1 Å². The van der Waals surface area contributed by atoms with E-state index in [1.54, 1.807) is 12.3 Å². The van der Waals surface area contributed by atoms with Gasteiger partial charge in [-0.2, -0.15) is 0 Å². The van der Waals surface area contributed by atoms with Crippen LogP contribution in [0.15, 0.2) is 42.6 Å². The van der Waals surface area contributed by atoms with Gasteiger partial charge in [-0.25, -0.2) is 9.37 Å². The number of halogens is 1. The van der Waals surface area contributed by atoms with Crippen molar-refractivity contribution >= 4 is 11.5 Å². The summed E-state index contributed by atoms with van der Waals surface area (Å²) in [6.07, 6.45) is 2.57. The zero-order chi connectivity index (χ0) is 13.7. The molecule has 0 atom stereocenters. The summed E-state index contributed by atoms with van der Waals surface area (Å²) in [6.45, 7) is 3.31. The molecule has 0 fully saturated rings. The average Bonchev–Trinajstić information content (AvgIpc) is 2.41. The van der Waals surface area contributed by atoms with Crippen LogP contribution in [0.4, 0.5) is 15.9 Å². The maximum atomic E-state index is 13.4. The van der Waals surface area contributed by atoms with Crippen LogP contribution in [0, 0.1) is 12.7 Å². The van der Waals surface area contributed by atoms with Crippen LogP contribution in [0.2, 0.25) is 0 Å². The molecule has 0 bridgehead atoms. The van der Waals surface area contributed by atoms with E-state index >= 15 is 0 Å². The van der Waals surface area contributed by atoms with Gasteiger partial charge in [-0.15, -0.1) is 0 Å². The lowest BCUT2D eigenvalue weighted by molar-refractivity contribution is 0.627. The summed E-state index contributed by atoms with van der Waals surface area (Å²) in [6, 6.07) is 10.4. The van der Waals surface area contributed by atoms with Crippen molar-refractivity contribution in [1.29, 1.82) is 0 Å². The Morgan fingerprint density at radius 3 is 2.79 bits per heavy atom. The van der Waals surface area contributed by atoms with E-state index in [-0.39, 0.29) is 5.82 Å². The molecule has 0 radical (unpaired) electrons. The molecule has 0 aliphatic heterocycles. The molecule has 100 valence electrons. The van der Waals surface area contributed by atoms with E-state index in [9.17, 15) is 4.39 Å². The predicted molar refractivity (Wildman–Crippen MR) is 76.1 cm³/mol. The lowest BCUT2D eigenvalue weighted by atomic mass is 10.2. The Morgan fingerprint density at radius 1 is 1.26 bits per heavy atom. The van der Waals surface area contributed by atoms with Crippen molar-refractivity contribution in [3.8, 4) is 0 Å². The Hall–Kier alpha value is -1.94. The molecule has 0 saturated heterocycles. The van der Waals surface area contributed by atoms with Gasteiger partial charge in [0.1, 0.15) is 11.6 Å². The Labute approximate surface area is 112 Å². The summed E-state index contributed by atoms with van der Waals surface area (Å²) < 4.78 is 13.4. The summed E-state index contributed by atoms with van der Waals surface area (Å²) in [5, 5.41) is 0. The van der Waals surface area contributed by atoms with Gasteiger partial charge in [0.2, 0.25) is 0 Å². The topological polar surface area (TPSA) is 42.2 Å². The summed E-state index contributed by atoms with van der Waals surface area (Å²) in [7, 11) is 0. The lowest BCUT2D eigenvalue weighted by Crippen LogP contribution is -2.22. The first-order valence-electron chi connectivity index (χ1n) is 6.37. The van der Waals surface area contributed by atoms with Crippen LogP contribution in [0.3, 0.4) is 0 Å². The van der Waals surface area contributed by atoms with Crippen molar-refractivity contribution in [2.75, 3.05) is 18.0 Å². The van der Waals surface area contributed by atoms with Gasteiger partial charge in [0, 0.05) is 18.4 Å². The second-order valence-electron chi connectivity index (χ2n) is 4.42. The molecule has 1 aromatic heterocycles. The molecule has 2 aromatic rings. The van der Waals surface area contributed by atoms with Crippen molar-refractivity contribution in [3.63, 3.8) is 0 Å². The third-order valence-corrected chi connectivity index (χ3v) is 2.94. The Bertz CT molecular complexity index is 542. The third kappa shape index (κ3) is 3.29. The Kier molecular flexibility index (Phi) is 4.47. The first-order chi connectivity index (χ1) is 9.22. The highest BCUT2D eigenvalue weighted by Gasteiger charge is 2.12. The van der Waals surface area contributed by atoms with Crippen LogP contribution in [0.25, 0.3) is 0 Å². The maximum Gasteiger partial charge on any atom is 0.135 e. The van der Waals surface area contributed by atoms with E-state index < -0.39 is 0 Å². The van der Waals surface area contributed by atoms with Gasteiger partial charge >= 0.3 is 0 Å². The van der Waals surface area contributed by atoms with Crippen molar-refractivity contribution in [2.45, 2.75) is 13.3 Å². The fourth-order valence-electron chi connectivity index (χ4n) is 2.01. The fourth-order valence-corrected chi connectivity index (χ4v) is 2.01. The fraction of sp³-hybridized carbons (Fsp3) is 0.267. The molecule has 0 spiro atoms. The summed E-state index contributed by atoms with van der Waals surface area (Å²) in [5.41, 5.74) is 7.44. The highest BCUT2D eigenvalue weighted by molar-refractivity contribution is 5.62. The summed E-state index contributed by atoms with van der Waals surface area (Å²) in [4.78, 5) is 6.41. The minimum absolute atomic E-state index is 0.246. The van der Waals surface area contributed by atoms with Gasteiger partial charge in [0.15, 0.2) is 0 Å². The van der Waals surface area contributed by atoms with E-state index in [1.807, 2.05) is 30.0 Å². The van der Waals surface area contributed by atoms with E-state index in [0.717, 1.165) is 30.0 Å². The second-order valence-corrected chi connectivity index (χ2v) is 4.42. The molecule has 0 unspecified atom stereocenters. The number of aromatic nitrogens is 1. The van der Waals surface area contributed by atoms with E-state index in [0.29, 0.717) is 6.54 Å². The van der Waals surface area contributed by atoms with Crippen LogP contribution in [-0.2, 0) is 0 Å². The zero-order valence-corrected chi connectivity index (χ0v) is 11.0. The minimum atomic E-state index is -0.246. The number of nitrogens with two attached hydrogens (primary N) is 1. The van der Waals surface area contributed by atoms with Crippen molar-refractivity contribution < 1.29 is 4.39 Å². The number of rotatable bonds is 5. The minimum Gasteiger partial charge on any atom is -0.330 e. The molecule has 0 amide bonds. The Balaban J connectivity index is 2.38. The van der Waals surface area contributed by atoms with Crippen LogP contribution >= 0.6 is 0 Å². The quantitative estimate of drug-likeness (QED) is 0.897. The lowest BCUT2D eigenvalue weighted by Gasteiger charge is -2.25. The number of pyridine rings is 1. The number of hydrogen-bond acceptors (Lipinski definition) is 3. The van der Waals surface area contributed by atoms with Gasteiger partial charge in [0.25, 0.3) is 0 Å². The van der Waals surface area contributed by atoms with Crippen LogP contribution in [0.5, 0.6) is 0 Å². The normalized spacial score (nSPS) is 10.5. The van der Waals surface area contributed by atoms with Crippen molar-refractivity contribution in [3.05, 3.63) is 54.0 Å². The zero-order valence-electron chi connectivity index (χ0n) is 11.0. The highest BCUT2D eigenvalue weighted by Crippen LogP contribution is 2.26. The molecule has 2 N–H and O–H groups in total. The molecular formula is C15H18FN3. The second kappa shape index (κ2) is 6.29. The monoisotopic (exact) mass is 259 g/mol. The maximum absolute atomic E-state index is 13.4. The molecule has 0 aliphatic carbocycles. The summed E-state index contributed by atoms with van der Waals surface area (Å²) >= 11 is 0. The van der Waals surface area contributed by atoms with Crippen molar-refractivity contribution in [1.82, 2.24) is 4.98 Å². The van der Waals surface area contributed by atoms with Crippen LogP contribution < -0.4 is 10.6 Å². The average molecular weight is 259 g/mol. The molecule has 1 heterocycles. The molecule has 0 aliphatic rings.